The Labute approximate surface area is 304 Å². The van der Waals surface area contributed by atoms with Crippen molar-refractivity contribution >= 4 is 6.29 Å². The zero-order valence-corrected chi connectivity index (χ0v) is 28.9. The molecule has 53 heavy (non-hydrogen) atoms. The number of aliphatic hydroxyl groups excluding tert-OH is 11. The Hall–Kier alpha value is -2.49. The first kappa shape index (κ1) is 50.5. The molecule has 2 heterocycles. The molecule has 2 saturated heterocycles. The van der Waals surface area contributed by atoms with Crippen molar-refractivity contribution in [3.63, 3.8) is 0 Å². The first-order chi connectivity index (χ1) is 24.1. The molecule has 2 aliphatic rings. The molecule has 2 rings (SSSR count). The number of ether oxygens (including phenoxy) is 6. The van der Waals surface area contributed by atoms with Crippen LogP contribution in [0.1, 0.15) is 13.8 Å². The predicted molar refractivity (Wildman–Crippen MR) is 174 cm³/mol. The van der Waals surface area contributed by atoms with Crippen LogP contribution in [0.15, 0.2) is 17.9 Å². The third kappa shape index (κ3) is 12.0. The van der Waals surface area contributed by atoms with Gasteiger partial charge in [0.1, 0.15) is 78.8 Å². The van der Waals surface area contributed by atoms with Crippen molar-refractivity contribution in [1.29, 1.82) is 0 Å². The zero-order chi connectivity index (χ0) is 38.6. The molecule has 2 fully saturated rings. The molecule has 0 aromatic carbocycles. The van der Waals surface area contributed by atoms with E-state index in [1.807, 2.05) is 0 Å². The molecule has 21 heteroatoms. The van der Waals surface area contributed by atoms with Gasteiger partial charge in [-0.3, -0.25) is 0 Å². The minimum absolute atomic E-state index is 0. The summed E-state index contributed by atoms with van der Waals surface area (Å²) in [5, 5.41) is 124. The van der Waals surface area contributed by atoms with Gasteiger partial charge < -0.3 is 105 Å². The molecule has 7 unspecified atom stereocenters. The van der Waals surface area contributed by atoms with Gasteiger partial charge in [-0.1, -0.05) is 18.4 Å². The van der Waals surface area contributed by atoms with Crippen LogP contribution in [0.5, 0.6) is 0 Å². The SMILES string of the molecule is C#C[C@@H](C(O)C#CC)[C@H](O)[C@@H](OCCO)O[C@H]1C(O)C(O)[C@H](O[C@H]2C(=C=C)[C@](C)(O)C(O[C@@H](C(O)C(O)C=O)[C@@H](O)CO)OC2CO)O[C@H]1CO.O.O. The van der Waals surface area contributed by atoms with Crippen LogP contribution < -0.4 is 0 Å². The summed E-state index contributed by atoms with van der Waals surface area (Å²) < 4.78 is 33.7. The van der Waals surface area contributed by atoms with Crippen molar-refractivity contribution < 1.29 is 105 Å². The number of carbonyl (C=O) groups excluding carboxylic acids is 1. The van der Waals surface area contributed by atoms with E-state index in [9.17, 15) is 66.1 Å². The van der Waals surface area contributed by atoms with Crippen LogP contribution in [0, 0.1) is 30.1 Å². The van der Waals surface area contributed by atoms with E-state index in [1.54, 1.807) is 0 Å². The van der Waals surface area contributed by atoms with Gasteiger partial charge in [-0.05, 0) is 13.8 Å². The fourth-order valence-electron chi connectivity index (χ4n) is 5.43. The van der Waals surface area contributed by atoms with Gasteiger partial charge in [0.05, 0.1) is 39.0 Å². The molecular formula is C32H52O21. The Morgan fingerprint density at radius 2 is 1.60 bits per heavy atom. The Morgan fingerprint density at radius 1 is 0.981 bits per heavy atom. The maximum Gasteiger partial charge on any atom is 0.191 e. The van der Waals surface area contributed by atoms with E-state index in [4.69, 9.17) is 34.8 Å². The molecule has 21 nitrogen and oxygen atoms in total. The molecule has 16 N–H and O–H groups in total. The Kier molecular flexibility index (Phi) is 22.3. The fraction of sp³-hybridized carbons (Fsp3) is 0.750. The highest BCUT2D eigenvalue weighted by atomic mass is 16.8. The van der Waals surface area contributed by atoms with E-state index in [0.29, 0.717) is 0 Å². The lowest BCUT2D eigenvalue weighted by molar-refractivity contribution is -0.360. The zero-order valence-electron chi connectivity index (χ0n) is 28.9. The third-order valence-corrected chi connectivity index (χ3v) is 8.21. The maximum absolute atomic E-state index is 11.5. The molecule has 306 valence electrons. The van der Waals surface area contributed by atoms with Crippen LogP contribution in [0.3, 0.4) is 0 Å². The van der Waals surface area contributed by atoms with Gasteiger partial charge in [0, 0.05) is 5.57 Å². The molecule has 2 aliphatic heterocycles. The largest absolute Gasteiger partial charge is 0.412 e. The first-order valence-electron chi connectivity index (χ1n) is 15.7. The number of rotatable bonds is 19. The van der Waals surface area contributed by atoms with Crippen molar-refractivity contribution in [3.05, 3.63) is 17.9 Å². The average molecular weight is 773 g/mol. The summed E-state index contributed by atoms with van der Waals surface area (Å²) >= 11 is 0. The normalized spacial score (nSPS) is 33.0. The molecule has 0 radical (unpaired) electrons. The molecule has 0 aromatic rings. The monoisotopic (exact) mass is 772 g/mol. The lowest BCUT2D eigenvalue weighted by atomic mass is 9.85. The second-order valence-electron chi connectivity index (χ2n) is 11.7. The van der Waals surface area contributed by atoms with Gasteiger partial charge in [0.15, 0.2) is 25.2 Å². The minimum Gasteiger partial charge on any atom is -0.412 e. The van der Waals surface area contributed by atoms with E-state index in [2.05, 4.69) is 30.1 Å². The van der Waals surface area contributed by atoms with E-state index in [1.165, 1.54) is 6.92 Å². The third-order valence-electron chi connectivity index (χ3n) is 8.21. The van der Waals surface area contributed by atoms with E-state index in [-0.39, 0.29) is 22.8 Å². The van der Waals surface area contributed by atoms with Crippen molar-refractivity contribution in [2.24, 2.45) is 5.92 Å². The molecular weight excluding hydrogens is 720 g/mol. The van der Waals surface area contributed by atoms with Crippen molar-refractivity contribution in [2.45, 2.75) is 112 Å². The summed E-state index contributed by atoms with van der Waals surface area (Å²) in [5.41, 5.74) is -0.260. The summed E-state index contributed by atoms with van der Waals surface area (Å²) in [4.78, 5) is 11.1. The second kappa shape index (κ2) is 23.4. The summed E-state index contributed by atoms with van der Waals surface area (Å²) in [6.45, 7) is 2.21. The molecule has 0 aliphatic carbocycles. The van der Waals surface area contributed by atoms with Gasteiger partial charge in [-0.15, -0.1) is 18.1 Å². The molecule has 0 spiro atoms. The van der Waals surface area contributed by atoms with E-state index >= 15 is 0 Å². The fourth-order valence-corrected chi connectivity index (χ4v) is 5.43. The summed E-state index contributed by atoms with van der Waals surface area (Å²) in [5.74, 6) is 5.58. The Bertz CT molecular complexity index is 1240. The Balaban J connectivity index is 0.0000135. The van der Waals surface area contributed by atoms with Crippen molar-refractivity contribution in [2.75, 3.05) is 33.0 Å². The van der Waals surface area contributed by atoms with Gasteiger partial charge >= 0.3 is 0 Å². The van der Waals surface area contributed by atoms with Crippen LogP contribution in [0.4, 0.5) is 0 Å². The number of terminal acetylenes is 1. The van der Waals surface area contributed by atoms with Crippen LogP contribution in [0.25, 0.3) is 0 Å². The smallest absolute Gasteiger partial charge is 0.191 e. The van der Waals surface area contributed by atoms with Gasteiger partial charge in [0.2, 0.25) is 0 Å². The Morgan fingerprint density at radius 3 is 2.09 bits per heavy atom. The quantitative estimate of drug-likeness (QED) is 0.0251. The molecule has 17 atom stereocenters. The van der Waals surface area contributed by atoms with Crippen LogP contribution in [0.2, 0.25) is 0 Å². The van der Waals surface area contributed by atoms with Crippen LogP contribution in [-0.2, 0) is 33.2 Å². The lowest BCUT2D eigenvalue weighted by Crippen LogP contribution is -2.65. The summed E-state index contributed by atoms with van der Waals surface area (Å²) in [7, 11) is 0. The van der Waals surface area contributed by atoms with Gasteiger partial charge in [0.25, 0.3) is 0 Å². The maximum atomic E-state index is 11.5. The van der Waals surface area contributed by atoms with Crippen LogP contribution in [-0.4, -0.2) is 209 Å². The second-order valence-corrected chi connectivity index (χ2v) is 11.7. The van der Waals surface area contributed by atoms with Gasteiger partial charge in [-0.2, -0.15) is 0 Å². The predicted octanol–water partition coefficient (Wildman–Crippen LogP) is -8.29. The first-order valence-corrected chi connectivity index (χ1v) is 15.7. The topological polar surface area (TPSA) is 378 Å². The number of carbonyl (C=O) groups is 1. The minimum atomic E-state index is -2.36. The highest BCUT2D eigenvalue weighted by molar-refractivity contribution is 5.56. The van der Waals surface area contributed by atoms with Crippen molar-refractivity contribution in [1.82, 2.24) is 0 Å². The van der Waals surface area contributed by atoms with Gasteiger partial charge in [-0.25, -0.2) is 0 Å². The molecule has 0 aromatic heterocycles. The number of aliphatic hydroxyl groups is 12. The highest BCUT2D eigenvalue weighted by Gasteiger charge is 2.55. The average Bonchev–Trinajstić information content (AvgIpc) is 3.11. The highest BCUT2D eigenvalue weighted by Crippen LogP contribution is 2.39. The number of hydrogen-bond acceptors (Lipinski definition) is 19. The number of aldehydes is 1. The number of hydrogen-bond donors (Lipinski definition) is 12. The molecule has 0 amide bonds. The standard InChI is InChI=1S/C32H48O19.2H2O/c1-5-8-17(38)15(6-2)22(41)29(46-10-9-33)50-28-21(14-37)47-30(25(44)24(28)43)49-26-16(7-3)32(4,45)31(48-20(26)13-36)51-27(19(40)12-35)23(42)18(39)11-34;;/h2,11,15,17-31,33,35-45H,3,9-10,12-14H2,1,4H3;2*1H2/t15-,17?,18?,19-,20?,21-,22-,23?,24?,25?,26-,27+,28+,29-,30-,31?,32-;;/m0../s1. The summed E-state index contributed by atoms with van der Waals surface area (Å²) in [6, 6.07) is 0. The molecule has 0 bridgehead atoms. The molecule has 0 saturated carbocycles. The van der Waals surface area contributed by atoms with E-state index < -0.39 is 137 Å². The van der Waals surface area contributed by atoms with Crippen LogP contribution >= 0.6 is 0 Å². The van der Waals surface area contributed by atoms with E-state index in [0.717, 1.165) is 6.92 Å². The van der Waals surface area contributed by atoms with Crippen molar-refractivity contribution in [3.8, 4) is 24.2 Å². The summed E-state index contributed by atoms with van der Waals surface area (Å²) in [6.07, 6.45) is -21.9. The lowest BCUT2D eigenvalue weighted by Gasteiger charge is -2.49.